The number of hydrogen-bond donors (Lipinski definition) is 3. The summed E-state index contributed by atoms with van der Waals surface area (Å²) in [6.07, 6.45) is 1.99. The zero-order valence-electron chi connectivity index (χ0n) is 13.8. The van der Waals surface area contributed by atoms with E-state index in [9.17, 15) is 4.79 Å². The Balaban J connectivity index is 1.30. The third-order valence-corrected chi connectivity index (χ3v) is 4.94. The van der Waals surface area contributed by atoms with Crippen molar-refractivity contribution in [3.05, 3.63) is 52.3 Å². The first kappa shape index (κ1) is 15.4. The quantitative estimate of drug-likeness (QED) is 0.779. The molecule has 0 unspecified atom stereocenters. The highest BCUT2D eigenvalue weighted by Gasteiger charge is 2.21. The zero-order chi connectivity index (χ0) is 16.4. The number of aromatic amines is 1. The molecule has 1 aromatic carbocycles. The molecule has 4 rings (SSSR count). The highest BCUT2D eigenvalue weighted by molar-refractivity contribution is 5.94. The van der Waals surface area contributed by atoms with Crippen molar-refractivity contribution in [3.8, 4) is 0 Å². The van der Waals surface area contributed by atoms with Crippen molar-refractivity contribution < 1.29 is 4.79 Å². The van der Waals surface area contributed by atoms with Gasteiger partial charge in [0.25, 0.3) is 5.91 Å². The number of benzene rings is 1. The number of fused-ring (bicyclic) bond motifs is 2. The van der Waals surface area contributed by atoms with Gasteiger partial charge in [0, 0.05) is 56.9 Å². The second-order valence-electron chi connectivity index (χ2n) is 6.51. The fourth-order valence-corrected chi connectivity index (χ4v) is 3.57. The predicted octanol–water partition coefficient (Wildman–Crippen LogP) is 0.843. The van der Waals surface area contributed by atoms with Gasteiger partial charge in [-0.15, -0.1) is 0 Å². The first-order valence-corrected chi connectivity index (χ1v) is 8.65. The van der Waals surface area contributed by atoms with E-state index in [2.05, 4.69) is 50.0 Å². The summed E-state index contributed by atoms with van der Waals surface area (Å²) in [7, 11) is 0. The summed E-state index contributed by atoms with van der Waals surface area (Å²) in [6.45, 7) is 5.19. The summed E-state index contributed by atoms with van der Waals surface area (Å²) in [5.74, 6) is -0.0754. The Bertz CT molecular complexity index is 739. The molecule has 6 heteroatoms. The van der Waals surface area contributed by atoms with Gasteiger partial charge in [-0.2, -0.15) is 5.10 Å². The smallest absolute Gasteiger partial charge is 0.272 e. The van der Waals surface area contributed by atoms with Gasteiger partial charge >= 0.3 is 0 Å². The first-order valence-electron chi connectivity index (χ1n) is 8.65. The monoisotopic (exact) mass is 325 g/mol. The number of aromatic nitrogens is 2. The maximum atomic E-state index is 12.4. The molecule has 1 amide bonds. The average molecular weight is 325 g/mol. The van der Waals surface area contributed by atoms with Crippen LogP contribution in [0.3, 0.4) is 0 Å². The number of nitrogens with one attached hydrogen (secondary N) is 3. The molecule has 2 aliphatic rings. The lowest BCUT2D eigenvalue weighted by atomic mass is 10.00. The molecule has 3 heterocycles. The van der Waals surface area contributed by atoms with Crippen LogP contribution in [0, 0.1) is 0 Å². The molecule has 126 valence electrons. The Morgan fingerprint density at radius 2 is 2.12 bits per heavy atom. The maximum absolute atomic E-state index is 12.4. The summed E-state index contributed by atoms with van der Waals surface area (Å²) in [5.41, 5.74) is 5.51. The van der Waals surface area contributed by atoms with Crippen molar-refractivity contribution in [3.63, 3.8) is 0 Å². The first-order chi connectivity index (χ1) is 11.8. The normalized spacial score (nSPS) is 17.2. The summed E-state index contributed by atoms with van der Waals surface area (Å²) < 4.78 is 0. The van der Waals surface area contributed by atoms with Crippen LogP contribution < -0.4 is 10.6 Å². The van der Waals surface area contributed by atoms with Crippen LogP contribution in [0.4, 0.5) is 0 Å². The van der Waals surface area contributed by atoms with E-state index >= 15 is 0 Å². The van der Waals surface area contributed by atoms with Gasteiger partial charge in [0.15, 0.2) is 5.69 Å². The molecule has 0 spiro atoms. The van der Waals surface area contributed by atoms with Gasteiger partial charge in [-0.3, -0.25) is 14.8 Å². The van der Waals surface area contributed by atoms with Gasteiger partial charge in [0.2, 0.25) is 0 Å². The SMILES string of the molecule is O=C(NCCN1CCc2ccccc2C1)c1n[nH]c2c1CNCC2. The van der Waals surface area contributed by atoms with Crippen molar-refractivity contribution in [2.24, 2.45) is 0 Å². The Morgan fingerprint density at radius 3 is 3.04 bits per heavy atom. The molecule has 3 N–H and O–H groups in total. The summed E-state index contributed by atoms with van der Waals surface area (Å²) >= 11 is 0. The lowest BCUT2D eigenvalue weighted by Gasteiger charge is -2.28. The maximum Gasteiger partial charge on any atom is 0.272 e. The largest absolute Gasteiger partial charge is 0.349 e. The third-order valence-electron chi connectivity index (χ3n) is 4.94. The zero-order valence-corrected chi connectivity index (χ0v) is 13.8. The van der Waals surface area contributed by atoms with Crippen LogP contribution in [-0.4, -0.2) is 47.2 Å². The lowest BCUT2D eigenvalue weighted by Crippen LogP contribution is -2.38. The number of hydrogen-bond acceptors (Lipinski definition) is 4. The van der Waals surface area contributed by atoms with Gasteiger partial charge in [-0.25, -0.2) is 0 Å². The third kappa shape index (κ3) is 3.07. The van der Waals surface area contributed by atoms with Gasteiger partial charge < -0.3 is 10.6 Å². The van der Waals surface area contributed by atoms with Crippen molar-refractivity contribution >= 4 is 5.91 Å². The minimum atomic E-state index is -0.0754. The van der Waals surface area contributed by atoms with Crippen molar-refractivity contribution in [2.75, 3.05) is 26.2 Å². The standard InChI is InChI=1S/C18H23N5O/c24-18(17-15-11-19-7-5-16(15)21-22-17)20-8-10-23-9-6-13-3-1-2-4-14(13)12-23/h1-4,19H,5-12H2,(H,20,24)(H,21,22). The van der Waals surface area contributed by atoms with Crippen molar-refractivity contribution in [1.82, 2.24) is 25.7 Å². The molecule has 0 saturated heterocycles. The molecule has 24 heavy (non-hydrogen) atoms. The van der Waals surface area contributed by atoms with Crippen LogP contribution in [0.25, 0.3) is 0 Å². The molecule has 1 aromatic heterocycles. The molecular weight excluding hydrogens is 302 g/mol. The van der Waals surface area contributed by atoms with E-state index in [4.69, 9.17) is 0 Å². The minimum Gasteiger partial charge on any atom is -0.349 e. The summed E-state index contributed by atoms with van der Waals surface area (Å²) in [5, 5.41) is 13.5. The van der Waals surface area contributed by atoms with Crippen molar-refractivity contribution in [2.45, 2.75) is 25.9 Å². The highest BCUT2D eigenvalue weighted by Crippen LogP contribution is 2.18. The number of carbonyl (C=O) groups is 1. The Kier molecular flexibility index (Phi) is 4.32. The molecule has 2 aliphatic heterocycles. The fraction of sp³-hybridized carbons (Fsp3) is 0.444. The Labute approximate surface area is 141 Å². The van der Waals surface area contributed by atoms with E-state index in [1.54, 1.807) is 0 Å². The number of nitrogens with zero attached hydrogens (tertiary/aromatic N) is 2. The molecule has 0 saturated carbocycles. The van der Waals surface area contributed by atoms with E-state index < -0.39 is 0 Å². The van der Waals surface area contributed by atoms with Crippen LogP contribution in [-0.2, 0) is 25.9 Å². The topological polar surface area (TPSA) is 73.0 Å². The number of rotatable bonds is 4. The van der Waals surface area contributed by atoms with E-state index in [1.807, 2.05) is 0 Å². The summed E-state index contributed by atoms with van der Waals surface area (Å²) in [4.78, 5) is 14.8. The molecule has 0 fully saturated rings. The number of amides is 1. The second-order valence-corrected chi connectivity index (χ2v) is 6.51. The van der Waals surface area contributed by atoms with Crippen molar-refractivity contribution in [1.29, 1.82) is 0 Å². The molecule has 0 atom stereocenters. The van der Waals surface area contributed by atoms with Crippen LogP contribution in [0.5, 0.6) is 0 Å². The lowest BCUT2D eigenvalue weighted by molar-refractivity contribution is 0.0941. The number of H-pyrrole nitrogens is 1. The predicted molar refractivity (Wildman–Crippen MR) is 91.8 cm³/mol. The molecule has 0 aliphatic carbocycles. The van der Waals surface area contributed by atoms with Gasteiger partial charge in [-0.1, -0.05) is 24.3 Å². The molecule has 2 aromatic rings. The van der Waals surface area contributed by atoms with Gasteiger partial charge in [0.05, 0.1) is 0 Å². The van der Waals surface area contributed by atoms with E-state index in [0.717, 1.165) is 56.8 Å². The fourth-order valence-electron chi connectivity index (χ4n) is 3.57. The molecule has 0 radical (unpaired) electrons. The molecule has 6 nitrogen and oxygen atoms in total. The van der Waals surface area contributed by atoms with Crippen LogP contribution in [0.1, 0.15) is 32.9 Å². The van der Waals surface area contributed by atoms with E-state index in [0.29, 0.717) is 12.2 Å². The molecule has 0 bridgehead atoms. The van der Waals surface area contributed by atoms with Gasteiger partial charge in [0.1, 0.15) is 0 Å². The van der Waals surface area contributed by atoms with Crippen LogP contribution in [0.2, 0.25) is 0 Å². The van der Waals surface area contributed by atoms with Crippen LogP contribution in [0.15, 0.2) is 24.3 Å². The van der Waals surface area contributed by atoms with E-state index in [1.165, 1.54) is 11.1 Å². The average Bonchev–Trinajstić information content (AvgIpc) is 3.06. The Hall–Kier alpha value is -2.18. The second kappa shape index (κ2) is 6.75. The van der Waals surface area contributed by atoms with Gasteiger partial charge in [-0.05, 0) is 17.5 Å². The highest BCUT2D eigenvalue weighted by atomic mass is 16.1. The van der Waals surface area contributed by atoms with E-state index in [-0.39, 0.29) is 5.91 Å². The summed E-state index contributed by atoms with van der Waals surface area (Å²) in [6, 6.07) is 8.61. The Morgan fingerprint density at radius 1 is 1.25 bits per heavy atom. The van der Waals surface area contributed by atoms with Crippen LogP contribution >= 0.6 is 0 Å². The minimum absolute atomic E-state index is 0.0754. The molecular formula is C18H23N5O. The number of carbonyl (C=O) groups excluding carboxylic acids is 1.